The summed E-state index contributed by atoms with van der Waals surface area (Å²) >= 11 is 0. The maximum absolute atomic E-state index is 12.6. The third-order valence-corrected chi connectivity index (χ3v) is 5.70. The predicted octanol–water partition coefficient (Wildman–Crippen LogP) is 4.74. The lowest BCUT2D eigenvalue weighted by Crippen LogP contribution is -2.27. The quantitative estimate of drug-likeness (QED) is 0.708. The summed E-state index contributed by atoms with van der Waals surface area (Å²) in [5.74, 6) is 1.09. The average Bonchev–Trinajstić information content (AvgIpc) is 2.79. The van der Waals surface area contributed by atoms with Crippen LogP contribution in [0, 0.1) is 16.7 Å². The Morgan fingerprint density at radius 2 is 1.85 bits per heavy atom. The van der Waals surface area contributed by atoms with Crippen molar-refractivity contribution in [3.05, 3.63) is 47.5 Å². The second-order valence-electron chi connectivity index (χ2n) is 7.29. The van der Waals surface area contributed by atoms with Crippen molar-refractivity contribution in [3.63, 3.8) is 0 Å². The third-order valence-electron chi connectivity index (χ3n) is 5.70. The van der Waals surface area contributed by atoms with E-state index in [9.17, 15) is 4.79 Å². The maximum atomic E-state index is 12.6. The highest BCUT2D eigenvalue weighted by Crippen LogP contribution is 2.63. The van der Waals surface area contributed by atoms with Crippen LogP contribution in [0.2, 0.25) is 0 Å². The fraction of sp³-hybridized carbons (Fsp3) is 0.526. The number of fused-ring (bicyclic) bond motifs is 2. The van der Waals surface area contributed by atoms with Gasteiger partial charge in [0.25, 0.3) is 0 Å². The van der Waals surface area contributed by atoms with Crippen molar-refractivity contribution in [2.45, 2.75) is 46.5 Å². The van der Waals surface area contributed by atoms with Gasteiger partial charge in [-0.2, -0.15) is 0 Å². The number of carbonyl (C=O) groups excluding carboxylic acids is 1. The van der Waals surface area contributed by atoms with Crippen molar-refractivity contribution in [2.24, 2.45) is 16.7 Å². The molecule has 0 heterocycles. The van der Waals surface area contributed by atoms with Gasteiger partial charge in [0.2, 0.25) is 0 Å². The number of carbonyl (C=O) groups is 1. The van der Waals surface area contributed by atoms with E-state index in [1.54, 1.807) is 0 Å². The molecule has 0 amide bonds. The molecule has 1 nitrogen and oxygen atoms in total. The second-order valence-corrected chi connectivity index (χ2v) is 7.29. The van der Waals surface area contributed by atoms with Crippen molar-refractivity contribution in [1.29, 1.82) is 0 Å². The van der Waals surface area contributed by atoms with Crippen LogP contribution in [0.4, 0.5) is 0 Å². The van der Waals surface area contributed by atoms with Crippen molar-refractivity contribution in [2.75, 3.05) is 0 Å². The molecule has 1 heteroatoms. The van der Waals surface area contributed by atoms with Gasteiger partial charge in [-0.3, -0.25) is 4.79 Å². The van der Waals surface area contributed by atoms with E-state index in [1.165, 1.54) is 11.1 Å². The molecule has 106 valence electrons. The summed E-state index contributed by atoms with van der Waals surface area (Å²) in [5.41, 5.74) is 2.54. The molecule has 1 aromatic carbocycles. The van der Waals surface area contributed by atoms with E-state index >= 15 is 0 Å². The Morgan fingerprint density at radius 3 is 2.40 bits per heavy atom. The Morgan fingerprint density at radius 1 is 1.20 bits per heavy atom. The van der Waals surface area contributed by atoms with Crippen molar-refractivity contribution >= 4 is 5.78 Å². The molecule has 20 heavy (non-hydrogen) atoms. The number of Topliss-reactive ketones (excluding diaryl/α,β-unsaturated/α-hetero) is 1. The smallest absolute Gasteiger partial charge is 0.146 e. The molecule has 3 rings (SSSR count). The van der Waals surface area contributed by atoms with Crippen LogP contribution in [0.15, 0.2) is 42.0 Å². The van der Waals surface area contributed by atoms with Crippen LogP contribution in [-0.4, -0.2) is 5.78 Å². The van der Waals surface area contributed by atoms with Crippen LogP contribution in [0.1, 0.15) is 52.0 Å². The van der Waals surface area contributed by atoms with Crippen molar-refractivity contribution < 1.29 is 4.79 Å². The van der Waals surface area contributed by atoms with E-state index in [4.69, 9.17) is 0 Å². The first-order chi connectivity index (χ1) is 9.37. The van der Waals surface area contributed by atoms with Gasteiger partial charge in [0, 0.05) is 11.3 Å². The standard InChI is InChI=1S/C19H24O/c1-13(14-8-6-5-7-9-14)12-16-18(2,3)15-10-11-19(16,4)17(15)20/h5-9,12-13,15H,10-11H2,1-4H3/b16-12-. The zero-order valence-corrected chi connectivity index (χ0v) is 12.9. The van der Waals surface area contributed by atoms with E-state index in [0.717, 1.165) is 12.8 Å². The maximum Gasteiger partial charge on any atom is 0.146 e. The monoisotopic (exact) mass is 268 g/mol. The van der Waals surface area contributed by atoms with Gasteiger partial charge < -0.3 is 0 Å². The Labute approximate surface area is 122 Å². The zero-order valence-electron chi connectivity index (χ0n) is 12.9. The normalized spacial score (nSPS) is 34.7. The highest BCUT2D eigenvalue weighted by molar-refractivity contribution is 5.96. The molecule has 2 bridgehead atoms. The molecule has 3 atom stereocenters. The van der Waals surface area contributed by atoms with Gasteiger partial charge in [0.15, 0.2) is 0 Å². The molecule has 0 aromatic heterocycles. The molecule has 0 spiro atoms. The number of hydrogen-bond donors (Lipinski definition) is 0. The first kappa shape index (κ1) is 13.6. The van der Waals surface area contributed by atoms with Gasteiger partial charge in [0.1, 0.15) is 5.78 Å². The summed E-state index contributed by atoms with van der Waals surface area (Å²) in [6, 6.07) is 10.6. The number of benzene rings is 1. The minimum atomic E-state index is -0.197. The van der Waals surface area contributed by atoms with Gasteiger partial charge in [-0.15, -0.1) is 0 Å². The first-order valence-corrected chi connectivity index (χ1v) is 7.69. The summed E-state index contributed by atoms with van der Waals surface area (Å²) in [7, 11) is 0. The largest absolute Gasteiger partial charge is 0.298 e. The van der Waals surface area contributed by atoms with Gasteiger partial charge >= 0.3 is 0 Å². The molecular formula is C19H24O. The van der Waals surface area contributed by atoms with Crippen LogP contribution in [0.25, 0.3) is 0 Å². The summed E-state index contributed by atoms with van der Waals surface area (Å²) in [4.78, 5) is 12.6. The average molecular weight is 268 g/mol. The molecule has 1 aromatic rings. The van der Waals surface area contributed by atoms with Crippen LogP contribution in [0.5, 0.6) is 0 Å². The van der Waals surface area contributed by atoms with Crippen LogP contribution in [0.3, 0.4) is 0 Å². The first-order valence-electron chi connectivity index (χ1n) is 7.69. The Kier molecular flexibility index (Phi) is 2.93. The molecule has 2 saturated carbocycles. The van der Waals surface area contributed by atoms with Gasteiger partial charge in [-0.25, -0.2) is 0 Å². The molecule has 0 saturated heterocycles. The minimum absolute atomic E-state index is 0.0348. The zero-order chi connectivity index (χ0) is 14.5. The summed E-state index contributed by atoms with van der Waals surface area (Å²) in [6.45, 7) is 8.90. The van der Waals surface area contributed by atoms with Gasteiger partial charge in [-0.05, 0) is 36.7 Å². The van der Waals surface area contributed by atoms with Crippen LogP contribution in [-0.2, 0) is 4.79 Å². The minimum Gasteiger partial charge on any atom is -0.298 e. The molecule has 0 aliphatic heterocycles. The number of ketones is 1. The third kappa shape index (κ3) is 1.72. The summed E-state index contributed by atoms with van der Waals surface area (Å²) in [5, 5.41) is 0. The van der Waals surface area contributed by atoms with Gasteiger partial charge in [0.05, 0.1) is 0 Å². The predicted molar refractivity (Wildman–Crippen MR) is 82.6 cm³/mol. The highest BCUT2D eigenvalue weighted by atomic mass is 16.1. The number of allylic oxidation sites excluding steroid dienone is 2. The fourth-order valence-corrected chi connectivity index (χ4v) is 4.43. The van der Waals surface area contributed by atoms with E-state index in [-0.39, 0.29) is 16.7 Å². The van der Waals surface area contributed by atoms with E-state index < -0.39 is 0 Å². The lowest BCUT2D eigenvalue weighted by atomic mass is 9.67. The van der Waals surface area contributed by atoms with Crippen molar-refractivity contribution in [1.82, 2.24) is 0 Å². The Balaban J connectivity index is 2.01. The van der Waals surface area contributed by atoms with E-state index in [2.05, 4.69) is 64.1 Å². The van der Waals surface area contributed by atoms with E-state index in [1.807, 2.05) is 0 Å². The topological polar surface area (TPSA) is 17.1 Å². The van der Waals surface area contributed by atoms with Crippen LogP contribution < -0.4 is 0 Å². The second kappa shape index (κ2) is 4.31. The number of rotatable bonds is 2. The lowest BCUT2D eigenvalue weighted by molar-refractivity contribution is -0.125. The molecular weight excluding hydrogens is 244 g/mol. The van der Waals surface area contributed by atoms with E-state index in [0.29, 0.717) is 11.7 Å². The molecule has 2 aliphatic rings. The Hall–Kier alpha value is -1.37. The van der Waals surface area contributed by atoms with Gasteiger partial charge in [-0.1, -0.05) is 62.8 Å². The highest BCUT2D eigenvalue weighted by Gasteiger charge is 2.62. The number of hydrogen-bond acceptors (Lipinski definition) is 1. The molecule has 0 radical (unpaired) electrons. The molecule has 0 N–H and O–H groups in total. The SMILES string of the molecule is CC(/C=C1\C2(C)CCC(C2=O)C1(C)C)c1ccccc1. The molecule has 2 aliphatic carbocycles. The summed E-state index contributed by atoms with van der Waals surface area (Å²) < 4.78 is 0. The lowest BCUT2D eigenvalue weighted by Gasteiger charge is -2.36. The Bertz CT molecular complexity index is 567. The fourth-order valence-electron chi connectivity index (χ4n) is 4.43. The summed E-state index contributed by atoms with van der Waals surface area (Å²) in [6.07, 6.45) is 4.47. The van der Waals surface area contributed by atoms with Crippen molar-refractivity contribution in [3.8, 4) is 0 Å². The molecule has 2 fully saturated rings. The molecule has 3 unspecified atom stereocenters. The van der Waals surface area contributed by atoms with Crippen LogP contribution >= 0.6 is 0 Å².